The van der Waals surface area contributed by atoms with Gasteiger partial charge < -0.3 is 5.32 Å². The number of hydrogen-bond donors (Lipinski definition) is 1. The number of benzene rings is 2. The number of para-hydroxylation sites is 1. The van der Waals surface area contributed by atoms with Gasteiger partial charge in [-0.25, -0.2) is 0 Å². The van der Waals surface area contributed by atoms with Crippen LogP contribution >= 0.6 is 22.9 Å². The molecule has 3 nitrogen and oxygen atoms in total. The first-order valence-electron chi connectivity index (χ1n) is 8.30. The number of likely N-dealkylation sites (N-methyl/N-ethyl adjacent to an activating group) is 1. The van der Waals surface area contributed by atoms with Gasteiger partial charge >= 0.3 is 0 Å². The summed E-state index contributed by atoms with van der Waals surface area (Å²) in [5.74, 6) is -0.0133. The molecule has 3 aromatic rings. The average molecular weight is 373 g/mol. The van der Waals surface area contributed by atoms with Gasteiger partial charge in [-0.05, 0) is 31.2 Å². The number of carbonyl (C=O) groups excluding carboxylic acids is 1. The molecule has 1 heterocycles. The molecule has 0 aliphatic carbocycles. The molecule has 0 saturated carbocycles. The Morgan fingerprint density at radius 2 is 1.88 bits per heavy atom. The maximum Gasteiger partial charge on any atom is 0.238 e. The van der Waals surface area contributed by atoms with E-state index in [1.807, 2.05) is 54.4 Å². The summed E-state index contributed by atoms with van der Waals surface area (Å²) in [6, 6.07) is 16.0. The van der Waals surface area contributed by atoms with Crippen LogP contribution in [0.3, 0.4) is 0 Å². The van der Waals surface area contributed by atoms with Gasteiger partial charge in [0.2, 0.25) is 5.91 Å². The zero-order valence-electron chi connectivity index (χ0n) is 14.4. The predicted molar refractivity (Wildman–Crippen MR) is 108 cm³/mol. The summed E-state index contributed by atoms with van der Waals surface area (Å²) in [7, 11) is 1.94. The van der Waals surface area contributed by atoms with E-state index in [1.165, 1.54) is 4.70 Å². The minimum Gasteiger partial charge on any atom is -0.325 e. The molecule has 5 heteroatoms. The molecular formula is C20H21ClN2OS. The van der Waals surface area contributed by atoms with Crippen molar-refractivity contribution in [2.45, 2.75) is 19.9 Å². The number of thiophene rings is 1. The Morgan fingerprint density at radius 1 is 1.16 bits per heavy atom. The first-order chi connectivity index (χ1) is 12.1. The van der Waals surface area contributed by atoms with Gasteiger partial charge in [-0.2, -0.15) is 0 Å². The molecule has 0 aliphatic heterocycles. The maximum atomic E-state index is 12.4. The van der Waals surface area contributed by atoms with Crippen LogP contribution in [0.15, 0.2) is 48.5 Å². The molecule has 0 radical (unpaired) electrons. The van der Waals surface area contributed by atoms with Crippen molar-refractivity contribution in [3.8, 4) is 0 Å². The van der Waals surface area contributed by atoms with Crippen molar-refractivity contribution < 1.29 is 4.79 Å². The second-order valence-corrected chi connectivity index (χ2v) is 7.58. The monoisotopic (exact) mass is 372 g/mol. The van der Waals surface area contributed by atoms with Crippen LogP contribution in [-0.2, 0) is 17.8 Å². The molecule has 3 rings (SSSR count). The molecule has 0 unspecified atom stereocenters. The van der Waals surface area contributed by atoms with Gasteiger partial charge in [0, 0.05) is 27.2 Å². The Morgan fingerprint density at radius 3 is 2.64 bits per heavy atom. The Balaban J connectivity index is 1.64. The Bertz CT molecular complexity index is 890. The third-order valence-corrected chi connectivity index (χ3v) is 5.80. The highest BCUT2D eigenvalue weighted by atomic mass is 35.5. The summed E-state index contributed by atoms with van der Waals surface area (Å²) in [5.41, 5.74) is 2.04. The van der Waals surface area contributed by atoms with E-state index < -0.39 is 0 Å². The molecule has 0 atom stereocenters. The first-order valence-corrected chi connectivity index (χ1v) is 9.50. The lowest BCUT2D eigenvalue weighted by Gasteiger charge is -2.16. The topological polar surface area (TPSA) is 32.3 Å². The van der Waals surface area contributed by atoms with Crippen molar-refractivity contribution in [2.24, 2.45) is 0 Å². The summed E-state index contributed by atoms with van der Waals surface area (Å²) in [4.78, 5) is 15.4. The Labute approximate surface area is 157 Å². The third kappa shape index (κ3) is 4.21. The fourth-order valence-corrected chi connectivity index (χ4v) is 4.43. The van der Waals surface area contributed by atoms with Crippen molar-refractivity contribution >= 4 is 44.6 Å². The molecule has 1 N–H and O–H groups in total. The second-order valence-electron chi connectivity index (χ2n) is 6.07. The molecule has 1 aromatic heterocycles. The minimum absolute atomic E-state index is 0.0133. The van der Waals surface area contributed by atoms with Gasteiger partial charge in [0.1, 0.15) is 0 Å². The van der Waals surface area contributed by atoms with E-state index in [2.05, 4.69) is 18.3 Å². The number of nitrogens with one attached hydrogen (secondary N) is 1. The zero-order valence-corrected chi connectivity index (χ0v) is 16.0. The summed E-state index contributed by atoms with van der Waals surface area (Å²) in [6.45, 7) is 3.06. The second kappa shape index (κ2) is 8.00. The number of rotatable bonds is 6. The van der Waals surface area contributed by atoms with Crippen LogP contribution in [0.1, 0.15) is 17.4 Å². The highest BCUT2D eigenvalue weighted by Gasteiger charge is 2.14. The summed E-state index contributed by atoms with van der Waals surface area (Å²) in [6.07, 6.45) is 0.893. The van der Waals surface area contributed by atoms with E-state index >= 15 is 0 Å². The van der Waals surface area contributed by atoms with Crippen LogP contribution in [0, 0.1) is 0 Å². The van der Waals surface area contributed by atoms with Crippen LogP contribution in [0.2, 0.25) is 5.02 Å². The third-order valence-electron chi connectivity index (χ3n) is 4.10. The fraction of sp³-hybridized carbons (Fsp3) is 0.250. The number of anilines is 1. The molecule has 0 aliphatic rings. The van der Waals surface area contributed by atoms with Crippen LogP contribution < -0.4 is 5.32 Å². The van der Waals surface area contributed by atoms with E-state index in [4.69, 9.17) is 11.6 Å². The molecule has 0 spiro atoms. The Hall–Kier alpha value is -1.88. The molecule has 0 fully saturated rings. The first kappa shape index (κ1) is 17.9. The zero-order chi connectivity index (χ0) is 17.8. The van der Waals surface area contributed by atoms with Crippen molar-refractivity contribution in [3.05, 3.63) is 64.0 Å². The van der Waals surface area contributed by atoms with Crippen molar-refractivity contribution in [2.75, 3.05) is 18.9 Å². The number of halogens is 1. The van der Waals surface area contributed by atoms with Gasteiger partial charge in [-0.15, -0.1) is 11.3 Å². The maximum absolute atomic E-state index is 12.4. The van der Waals surface area contributed by atoms with Gasteiger partial charge in [0.15, 0.2) is 0 Å². The van der Waals surface area contributed by atoms with Gasteiger partial charge in [0.05, 0.1) is 11.6 Å². The number of hydrogen-bond acceptors (Lipinski definition) is 3. The summed E-state index contributed by atoms with van der Waals surface area (Å²) < 4.78 is 1.18. The van der Waals surface area contributed by atoms with E-state index in [0.717, 1.165) is 33.0 Å². The van der Waals surface area contributed by atoms with E-state index in [9.17, 15) is 4.79 Å². The highest BCUT2D eigenvalue weighted by molar-refractivity contribution is 7.19. The van der Waals surface area contributed by atoms with Crippen LogP contribution in [-0.4, -0.2) is 24.4 Å². The lowest BCUT2D eigenvalue weighted by molar-refractivity contribution is -0.117. The molecule has 0 saturated heterocycles. The van der Waals surface area contributed by atoms with Crippen molar-refractivity contribution in [3.63, 3.8) is 0 Å². The van der Waals surface area contributed by atoms with Crippen LogP contribution in [0.5, 0.6) is 0 Å². The normalized spacial score (nSPS) is 11.2. The quantitative estimate of drug-likeness (QED) is 0.646. The van der Waals surface area contributed by atoms with E-state index in [-0.39, 0.29) is 5.91 Å². The van der Waals surface area contributed by atoms with E-state index in [0.29, 0.717) is 13.1 Å². The molecule has 1 amide bonds. The molecule has 25 heavy (non-hydrogen) atoms. The molecule has 0 bridgehead atoms. The fourth-order valence-electron chi connectivity index (χ4n) is 2.85. The predicted octanol–water partition coefficient (Wildman–Crippen LogP) is 5.19. The van der Waals surface area contributed by atoms with Gasteiger partial charge in [-0.3, -0.25) is 9.69 Å². The number of fused-ring (bicyclic) bond motifs is 1. The average Bonchev–Trinajstić information content (AvgIpc) is 2.91. The molecule has 130 valence electrons. The highest BCUT2D eigenvalue weighted by Crippen LogP contribution is 2.35. The number of aryl methyl sites for hydroxylation is 1. The van der Waals surface area contributed by atoms with Gasteiger partial charge in [0.25, 0.3) is 0 Å². The van der Waals surface area contributed by atoms with Crippen molar-refractivity contribution in [1.82, 2.24) is 4.90 Å². The number of amides is 1. The summed E-state index contributed by atoms with van der Waals surface area (Å²) >= 11 is 8.17. The lowest BCUT2D eigenvalue weighted by atomic mass is 10.1. The standard InChI is InChI=1S/C20H21ClN2OS/c1-3-14-8-4-6-10-16(14)22-19(24)13-23(2)12-18-20(21)15-9-5-7-11-17(15)25-18/h4-11H,3,12-13H2,1-2H3,(H,22,24). The van der Waals surface area contributed by atoms with Crippen LogP contribution in [0.25, 0.3) is 10.1 Å². The smallest absolute Gasteiger partial charge is 0.238 e. The largest absolute Gasteiger partial charge is 0.325 e. The minimum atomic E-state index is -0.0133. The number of carbonyl (C=O) groups is 1. The van der Waals surface area contributed by atoms with Gasteiger partial charge in [-0.1, -0.05) is 54.9 Å². The van der Waals surface area contributed by atoms with Crippen molar-refractivity contribution in [1.29, 1.82) is 0 Å². The van der Waals surface area contributed by atoms with Crippen LogP contribution in [0.4, 0.5) is 5.69 Å². The van der Waals surface area contributed by atoms with E-state index in [1.54, 1.807) is 11.3 Å². The number of nitrogens with zero attached hydrogens (tertiary/aromatic N) is 1. The lowest BCUT2D eigenvalue weighted by Crippen LogP contribution is -2.29. The summed E-state index contributed by atoms with van der Waals surface area (Å²) in [5, 5.41) is 4.89. The molecule has 2 aromatic carbocycles. The molecular weight excluding hydrogens is 352 g/mol. The Kier molecular flexibility index (Phi) is 5.74. The SMILES string of the molecule is CCc1ccccc1NC(=O)CN(C)Cc1sc2ccccc2c1Cl.